The molecule has 0 fully saturated rings. The zero-order valence-corrected chi connectivity index (χ0v) is 8.53. The Morgan fingerprint density at radius 3 is 2.81 bits per heavy atom. The first-order valence-corrected chi connectivity index (χ1v) is 4.92. The van der Waals surface area contributed by atoms with Gasteiger partial charge in [-0.15, -0.1) is 0 Å². The predicted molar refractivity (Wildman–Crippen MR) is 57.1 cm³/mol. The average molecular weight is 223 g/mol. The van der Waals surface area contributed by atoms with Crippen LogP contribution in [0.3, 0.4) is 0 Å². The van der Waals surface area contributed by atoms with Crippen LogP contribution in [0.1, 0.15) is 0 Å². The minimum Gasteiger partial charge on any atom is -0.383 e. The average Bonchev–Trinajstić information content (AvgIpc) is 2.76. The van der Waals surface area contributed by atoms with Crippen LogP contribution in [-0.2, 0) is 6.54 Å². The fourth-order valence-corrected chi connectivity index (χ4v) is 1.35. The maximum Gasteiger partial charge on any atom is 0.160 e. The Morgan fingerprint density at radius 1 is 1.25 bits per heavy atom. The molecule has 2 aromatic rings. The minimum absolute atomic E-state index is 0.561. The summed E-state index contributed by atoms with van der Waals surface area (Å²) in [6.07, 6.45) is 3.53. The highest BCUT2D eigenvalue weighted by Gasteiger charge is 2.01. The Bertz CT molecular complexity index is 454. The van der Waals surface area contributed by atoms with Gasteiger partial charge in [0.1, 0.15) is 0 Å². The van der Waals surface area contributed by atoms with Gasteiger partial charge >= 0.3 is 0 Å². The number of rotatable bonds is 4. The molecule has 84 valence electrons. The van der Waals surface area contributed by atoms with E-state index in [4.69, 9.17) is 0 Å². The molecular formula is C11H11F2N3. The van der Waals surface area contributed by atoms with Crippen molar-refractivity contribution in [2.45, 2.75) is 6.54 Å². The lowest BCUT2D eigenvalue weighted by molar-refractivity contribution is 0.509. The molecule has 1 heterocycles. The van der Waals surface area contributed by atoms with Gasteiger partial charge in [-0.2, -0.15) is 5.10 Å². The zero-order chi connectivity index (χ0) is 11.4. The van der Waals surface area contributed by atoms with Crippen LogP contribution in [-0.4, -0.2) is 16.3 Å². The van der Waals surface area contributed by atoms with Crippen molar-refractivity contribution in [3.05, 3.63) is 48.3 Å². The number of halogens is 2. The number of hydrogen-bond donors (Lipinski definition) is 1. The molecule has 0 aliphatic carbocycles. The lowest BCUT2D eigenvalue weighted by atomic mass is 10.3. The van der Waals surface area contributed by atoms with Crippen LogP contribution >= 0.6 is 0 Å². The van der Waals surface area contributed by atoms with Gasteiger partial charge in [0.05, 0.1) is 6.54 Å². The van der Waals surface area contributed by atoms with Gasteiger partial charge in [-0.1, -0.05) is 0 Å². The Kier molecular flexibility index (Phi) is 3.14. The summed E-state index contributed by atoms with van der Waals surface area (Å²) in [5, 5.41) is 7.01. The monoisotopic (exact) mass is 223 g/mol. The van der Waals surface area contributed by atoms with Crippen molar-refractivity contribution in [1.82, 2.24) is 9.78 Å². The SMILES string of the molecule is Fc1ccc(NCCn2cccn2)cc1F. The van der Waals surface area contributed by atoms with Gasteiger partial charge < -0.3 is 5.32 Å². The van der Waals surface area contributed by atoms with Gasteiger partial charge in [-0.25, -0.2) is 8.78 Å². The molecule has 0 spiro atoms. The second-order valence-corrected chi connectivity index (χ2v) is 3.32. The van der Waals surface area contributed by atoms with Crippen LogP contribution in [0.25, 0.3) is 0 Å². The molecule has 0 aliphatic rings. The molecule has 0 unspecified atom stereocenters. The molecule has 0 saturated heterocycles. The molecule has 0 radical (unpaired) electrons. The number of benzene rings is 1. The maximum absolute atomic E-state index is 12.8. The van der Waals surface area contributed by atoms with Gasteiger partial charge in [0.2, 0.25) is 0 Å². The molecular weight excluding hydrogens is 212 g/mol. The van der Waals surface area contributed by atoms with E-state index in [1.807, 2.05) is 12.3 Å². The van der Waals surface area contributed by atoms with Crippen LogP contribution in [0, 0.1) is 11.6 Å². The topological polar surface area (TPSA) is 29.9 Å². The van der Waals surface area contributed by atoms with Crippen LogP contribution in [0.5, 0.6) is 0 Å². The highest BCUT2D eigenvalue weighted by Crippen LogP contribution is 2.12. The van der Waals surface area contributed by atoms with Gasteiger partial charge in [0.25, 0.3) is 0 Å². The third-order valence-electron chi connectivity index (χ3n) is 2.15. The highest BCUT2D eigenvalue weighted by molar-refractivity contribution is 5.43. The first-order chi connectivity index (χ1) is 7.75. The molecule has 1 N–H and O–H groups in total. The Balaban J connectivity index is 1.87. The van der Waals surface area contributed by atoms with Crippen molar-refractivity contribution >= 4 is 5.69 Å². The molecule has 2 rings (SSSR count). The lowest BCUT2D eigenvalue weighted by Crippen LogP contribution is -2.10. The largest absolute Gasteiger partial charge is 0.383 e. The van der Waals surface area contributed by atoms with Crippen LogP contribution in [0.4, 0.5) is 14.5 Å². The predicted octanol–water partition coefficient (Wildman–Crippen LogP) is 2.27. The van der Waals surface area contributed by atoms with Crippen molar-refractivity contribution < 1.29 is 8.78 Å². The van der Waals surface area contributed by atoms with E-state index < -0.39 is 11.6 Å². The summed E-state index contributed by atoms with van der Waals surface area (Å²) < 4.78 is 27.2. The summed E-state index contributed by atoms with van der Waals surface area (Å²) in [6.45, 7) is 1.28. The third-order valence-corrected chi connectivity index (χ3v) is 2.15. The Hall–Kier alpha value is -1.91. The van der Waals surface area contributed by atoms with Crippen molar-refractivity contribution in [2.75, 3.05) is 11.9 Å². The Morgan fingerprint density at radius 2 is 2.12 bits per heavy atom. The van der Waals surface area contributed by atoms with Crippen molar-refractivity contribution in [1.29, 1.82) is 0 Å². The molecule has 16 heavy (non-hydrogen) atoms. The van der Waals surface area contributed by atoms with E-state index in [-0.39, 0.29) is 0 Å². The molecule has 0 atom stereocenters. The van der Waals surface area contributed by atoms with Gasteiger partial charge in [0.15, 0.2) is 11.6 Å². The Labute approximate surface area is 91.7 Å². The molecule has 0 amide bonds. The van der Waals surface area contributed by atoms with Gasteiger partial charge in [0, 0.05) is 24.6 Å². The fraction of sp³-hybridized carbons (Fsp3) is 0.182. The summed E-state index contributed by atoms with van der Waals surface area (Å²) in [6, 6.07) is 5.57. The molecule has 0 aliphatic heterocycles. The van der Waals surface area contributed by atoms with E-state index in [0.29, 0.717) is 18.8 Å². The second kappa shape index (κ2) is 4.74. The first-order valence-electron chi connectivity index (χ1n) is 4.92. The maximum atomic E-state index is 12.8. The highest BCUT2D eigenvalue weighted by atomic mass is 19.2. The van der Waals surface area contributed by atoms with E-state index >= 15 is 0 Å². The van der Waals surface area contributed by atoms with E-state index in [2.05, 4.69) is 10.4 Å². The van der Waals surface area contributed by atoms with Crippen molar-refractivity contribution in [2.24, 2.45) is 0 Å². The van der Waals surface area contributed by atoms with Crippen molar-refractivity contribution in [3.8, 4) is 0 Å². The second-order valence-electron chi connectivity index (χ2n) is 3.32. The number of anilines is 1. The van der Waals surface area contributed by atoms with Crippen LogP contribution in [0.15, 0.2) is 36.7 Å². The summed E-state index contributed by atoms with van der Waals surface area (Å²) in [4.78, 5) is 0. The standard InChI is InChI=1S/C11H11F2N3/c12-10-3-2-9(8-11(10)13)14-5-7-16-6-1-4-15-16/h1-4,6,8,14H,5,7H2. The summed E-state index contributed by atoms with van der Waals surface area (Å²) in [5.41, 5.74) is 0.561. The van der Waals surface area contributed by atoms with Gasteiger partial charge in [-0.3, -0.25) is 4.68 Å². The minimum atomic E-state index is -0.843. The van der Waals surface area contributed by atoms with Crippen LogP contribution in [0.2, 0.25) is 0 Å². The number of hydrogen-bond acceptors (Lipinski definition) is 2. The molecule has 5 heteroatoms. The quantitative estimate of drug-likeness (QED) is 0.861. The summed E-state index contributed by atoms with van der Waals surface area (Å²) in [7, 11) is 0. The molecule has 0 saturated carbocycles. The fourth-order valence-electron chi connectivity index (χ4n) is 1.35. The van der Waals surface area contributed by atoms with E-state index in [1.165, 1.54) is 6.07 Å². The molecule has 1 aromatic carbocycles. The van der Waals surface area contributed by atoms with Crippen molar-refractivity contribution in [3.63, 3.8) is 0 Å². The first kappa shape index (κ1) is 10.6. The summed E-state index contributed by atoms with van der Waals surface area (Å²) >= 11 is 0. The summed E-state index contributed by atoms with van der Waals surface area (Å²) in [5.74, 6) is -1.68. The van der Waals surface area contributed by atoms with E-state index in [0.717, 1.165) is 12.1 Å². The normalized spacial score (nSPS) is 10.4. The van der Waals surface area contributed by atoms with E-state index in [9.17, 15) is 8.78 Å². The zero-order valence-electron chi connectivity index (χ0n) is 8.53. The number of nitrogens with one attached hydrogen (secondary N) is 1. The third kappa shape index (κ3) is 2.56. The molecule has 0 bridgehead atoms. The van der Waals surface area contributed by atoms with Gasteiger partial charge in [-0.05, 0) is 24.3 Å². The van der Waals surface area contributed by atoms with Crippen LogP contribution < -0.4 is 5.32 Å². The lowest BCUT2D eigenvalue weighted by Gasteiger charge is -2.06. The number of aromatic nitrogens is 2. The smallest absolute Gasteiger partial charge is 0.160 e. The number of nitrogens with zero attached hydrogens (tertiary/aromatic N) is 2. The molecule has 1 aromatic heterocycles. The van der Waals surface area contributed by atoms with E-state index in [1.54, 1.807) is 10.9 Å². The molecule has 3 nitrogen and oxygen atoms in total.